The normalized spacial score (nSPS) is 11.2. The van der Waals surface area contributed by atoms with Crippen LogP contribution in [0, 0.1) is 27.7 Å². The van der Waals surface area contributed by atoms with Gasteiger partial charge in [0.2, 0.25) is 0 Å². The van der Waals surface area contributed by atoms with Gasteiger partial charge in [-0.3, -0.25) is 9.52 Å². The minimum atomic E-state index is -3.73. The van der Waals surface area contributed by atoms with Crippen LogP contribution >= 0.6 is 0 Å². The number of para-hydroxylation sites is 1. The van der Waals surface area contributed by atoms with Gasteiger partial charge in [-0.05, 0) is 74.7 Å². The summed E-state index contributed by atoms with van der Waals surface area (Å²) in [6.45, 7) is 7.57. The summed E-state index contributed by atoms with van der Waals surface area (Å²) in [5.74, 6) is -0.230. The second-order valence-corrected chi connectivity index (χ2v) is 8.85. The zero-order chi connectivity index (χ0) is 21.2. The van der Waals surface area contributed by atoms with Gasteiger partial charge >= 0.3 is 0 Å². The van der Waals surface area contributed by atoms with Crippen molar-refractivity contribution in [2.75, 3.05) is 10.0 Å². The van der Waals surface area contributed by atoms with Crippen LogP contribution in [0.1, 0.15) is 32.6 Å². The van der Waals surface area contributed by atoms with Crippen molar-refractivity contribution in [1.82, 2.24) is 0 Å². The quantitative estimate of drug-likeness (QED) is 0.626. The molecule has 0 aliphatic heterocycles. The number of sulfonamides is 1. The molecule has 0 spiro atoms. The maximum absolute atomic E-state index is 12.7. The van der Waals surface area contributed by atoms with Gasteiger partial charge in [0.15, 0.2) is 0 Å². The van der Waals surface area contributed by atoms with Gasteiger partial charge in [-0.2, -0.15) is 0 Å². The highest BCUT2D eigenvalue weighted by atomic mass is 32.2. The lowest BCUT2D eigenvalue weighted by molar-refractivity contribution is 0.102. The van der Waals surface area contributed by atoms with E-state index >= 15 is 0 Å². The van der Waals surface area contributed by atoms with Gasteiger partial charge in [-0.25, -0.2) is 8.42 Å². The Kier molecular flexibility index (Phi) is 5.75. The van der Waals surface area contributed by atoms with E-state index in [1.165, 1.54) is 12.1 Å². The van der Waals surface area contributed by atoms with Crippen LogP contribution in [0.25, 0.3) is 0 Å². The van der Waals surface area contributed by atoms with E-state index in [2.05, 4.69) is 10.0 Å². The lowest BCUT2D eigenvalue weighted by atomic mass is 10.1. The van der Waals surface area contributed by atoms with E-state index < -0.39 is 10.0 Å². The van der Waals surface area contributed by atoms with Gasteiger partial charge in [-0.1, -0.05) is 35.9 Å². The van der Waals surface area contributed by atoms with Crippen molar-refractivity contribution < 1.29 is 13.2 Å². The molecule has 0 unspecified atom stereocenters. The largest absolute Gasteiger partial charge is 0.322 e. The second kappa shape index (κ2) is 8.09. The predicted molar refractivity (Wildman–Crippen MR) is 117 cm³/mol. The van der Waals surface area contributed by atoms with Crippen molar-refractivity contribution in [3.05, 3.63) is 88.5 Å². The van der Waals surface area contributed by atoms with Crippen molar-refractivity contribution in [2.45, 2.75) is 32.6 Å². The van der Waals surface area contributed by atoms with Gasteiger partial charge in [0.25, 0.3) is 15.9 Å². The number of rotatable bonds is 5. The summed E-state index contributed by atoms with van der Waals surface area (Å²) >= 11 is 0. The SMILES string of the molecule is Cc1ccc(C(=O)Nc2ccc(S(=O)(=O)Nc3c(C)cccc3C)cc2)c(C)c1. The molecule has 0 bridgehead atoms. The molecule has 3 rings (SSSR count). The average molecular weight is 409 g/mol. The molecule has 0 saturated heterocycles. The van der Waals surface area contributed by atoms with Crippen LogP contribution in [-0.2, 0) is 10.0 Å². The van der Waals surface area contributed by atoms with Gasteiger partial charge in [0, 0.05) is 11.3 Å². The number of carbonyl (C=O) groups excluding carboxylic acids is 1. The number of nitrogens with one attached hydrogen (secondary N) is 2. The molecular weight excluding hydrogens is 384 g/mol. The number of anilines is 2. The Morgan fingerprint density at radius 3 is 2.00 bits per heavy atom. The third-order valence-corrected chi connectivity index (χ3v) is 6.13. The third kappa shape index (κ3) is 4.66. The molecule has 0 atom stereocenters. The summed E-state index contributed by atoms with van der Waals surface area (Å²) in [5.41, 5.74) is 5.38. The highest BCUT2D eigenvalue weighted by Gasteiger charge is 2.17. The highest BCUT2D eigenvalue weighted by molar-refractivity contribution is 7.92. The zero-order valence-corrected chi connectivity index (χ0v) is 17.7. The van der Waals surface area contributed by atoms with Crippen LogP contribution in [0.5, 0.6) is 0 Å². The first-order valence-corrected chi connectivity index (χ1v) is 10.7. The van der Waals surface area contributed by atoms with E-state index in [1.54, 1.807) is 18.2 Å². The number of carbonyl (C=O) groups is 1. The Morgan fingerprint density at radius 2 is 1.41 bits per heavy atom. The second-order valence-electron chi connectivity index (χ2n) is 7.17. The third-order valence-electron chi connectivity index (χ3n) is 4.77. The summed E-state index contributed by atoms with van der Waals surface area (Å²) in [7, 11) is -3.73. The number of hydrogen-bond acceptors (Lipinski definition) is 3. The molecule has 1 amide bonds. The first-order valence-electron chi connectivity index (χ1n) is 9.25. The molecule has 2 N–H and O–H groups in total. The molecule has 150 valence electrons. The van der Waals surface area contributed by atoms with Crippen LogP contribution in [0.4, 0.5) is 11.4 Å². The van der Waals surface area contributed by atoms with Crippen LogP contribution < -0.4 is 10.0 Å². The van der Waals surface area contributed by atoms with E-state index in [1.807, 2.05) is 58.0 Å². The molecule has 0 radical (unpaired) electrons. The van der Waals surface area contributed by atoms with Gasteiger partial charge in [-0.15, -0.1) is 0 Å². The monoisotopic (exact) mass is 408 g/mol. The van der Waals surface area contributed by atoms with E-state index in [0.29, 0.717) is 16.9 Å². The fourth-order valence-electron chi connectivity index (χ4n) is 3.15. The zero-order valence-electron chi connectivity index (χ0n) is 16.9. The van der Waals surface area contributed by atoms with Crippen molar-refractivity contribution in [3.63, 3.8) is 0 Å². The molecular formula is C23H24N2O3S. The molecule has 3 aromatic rings. The van der Waals surface area contributed by atoms with Crippen molar-refractivity contribution >= 4 is 27.3 Å². The van der Waals surface area contributed by atoms with Gasteiger partial charge in [0.05, 0.1) is 10.6 Å². The Morgan fingerprint density at radius 1 is 0.793 bits per heavy atom. The molecule has 0 aliphatic rings. The van der Waals surface area contributed by atoms with Crippen molar-refractivity contribution in [2.24, 2.45) is 0 Å². The molecule has 6 heteroatoms. The maximum atomic E-state index is 12.7. The molecule has 0 fully saturated rings. The van der Waals surface area contributed by atoms with E-state index in [9.17, 15) is 13.2 Å². The Labute approximate surface area is 171 Å². The molecule has 0 saturated carbocycles. The standard InChI is InChI=1S/C23H24N2O3S/c1-15-8-13-21(18(4)14-15)23(26)24-19-9-11-20(12-10-19)29(27,28)25-22-16(2)6-5-7-17(22)3/h5-14,25H,1-4H3,(H,24,26). The Bertz CT molecular complexity index is 1150. The predicted octanol–water partition coefficient (Wildman–Crippen LogP) is 4.97. The van der Waals surface area contributed by atoms with Crippen molar-refractivity contribution in [3.8, 4) is 0 Å². The summed E-state index contributed by atoms with van der Waals surface area (Å²) in [4.78, 5) is 12.6. The number of hydrogen-bond donors (Lipinski definition) is 2. The molecule has 0 aliphatic carbocycles. The van der Waals surface area contributed by atoms with Crippen molar-refractivity contribution in [1.29, 1.82) is 0 Å². The average Bonchev–Trinajstić information content (AvgIpc) is 2.65. The minimum Gasteiger partial charge on any atom is -0.322 e. The topological polar surface area (TPSA) is 75.3 Å². The molecule has 5 nitrogen and oxygen atoms in total. The van der Waals surface area contributed by atoms with E-state index in [4.69, 9.17) is 0 Å². The summed E-state index contributed by atoms with van der Waals surface area (Å²) < 4.78 is 28.1. The maximum Gasteiger partial charge on any atom is 0.261 e. The fraction of sp³-hybridized carbons (Fsp3) is 0.174. The molecule has 0 aromatic heterocycles. The smallest absolute Gasteiger partial charge is 0.261 e. The molecule has 3 aromatic carbocycles. The lowest BCUT2D eigenvalue weighted by Gasteiger charge is -2.14. The molecule has 29 heavy (non-hydrogen) atoms. The Hall–Kier alpha value is -3.12. The van der Waals surface area contributed by atoms with Gasteiger partial charge < -0.3 is 5.32 Å². The Balaban J connectivity index is 1.78. The van der Waals surface area contributed by atoms with E-state index in [-0.39, 0.29) is 10.8 Å². The van der Waals surface area contributed by atoms with Gasteiger partial charge in [0.1, 0.15) is 0 Å². The summed E-state index contributed by atoms with van der Waals surface area (Å²) in [6, 6.07) is 17.3. The van der Waals surface area contributed by atoms with Crippen LogP contribution in [-0.4, -0.2) is 14.3 Å². The van der Waals surface area contributed by atoms with Crippen LogP contribution in [0.15, 0.2) is 65.6 Å². The summed E-state index contributed by atoms with van der Waals surface area (Å²) in [6.07, 6.45) is 0. The molecule has 0 heterocycles. The first kappa shape index (κ1) is 20.6. The highest BCUT2D eigenvalue weighted by Crippen LogP contribution is 2.24. The number of amides is 1. The van der Waals surface area contributed by atoms with Crippen LogP contribution in [0.2, 0.25) is 0 Å². The number of aryl methyl sites for hydroxylation is 4. The summed E-state index contributed by atoms with van der Waals surface area (Å²) in [5, 5.41) is 2.81. The fourth-order valence-corrected chi connectivity index (χ4v) is 4.36. The number of benzene rings is 3. The minimum absolute atomic E-state index is 0.129. The van der Waals surface area contributed by atoms with Crippen LogP contribution in [0.3, 0.4) is 0 Å². The van der Waals surface area contributed by atoms with E-state index in [0.717, 1.165) is 22.3 Å². The first-order chi connectivity index (χ1) is 13.7. The lowest BCUT2D eigenvalue weighted by Crippen LogP contribution is -2.15.